The van der Waals surface area contributed by atoms with Crippen LogP contribution in [-0.2, 0) is 0 Å². The maximum Gasteiger partial charge on any atom is 0.220 e. The molecule has 104 valence electrons. The van der Waals surface area contributed by atoms with Crippen molar-refractivity contribution in [1.29, 1.82) is 0 Å². The molecule has 2 N–H and O–H groups in total. The van der Waals surface area contributed by atoms with Crippen LogP contribution < -0.4 is 10.9 Å². The van der Waals surface area contributed by atoms with E-state index in [1.165, 1.54) is 24.3 Å². The van der Waals surface area contributed by atoms with Crippen LogP contribution in [0.15, 0.2) is 58.1 Å². The molecule has 0 aliphatic rings. The molecule has 0 spiro atoms. The van der Waals surface area contributed by atoms with E-state index < -0.39 is 0 Å². The van der Waals surface area contributed by atoms with Gasteiger partial charge in [-0.15, -0.1) is 0 Å². The van der Waals surface area contributed by atoms with Crippen LogP contribution in [0, 0.1) is 13.8 Å². The molecule has 0 aliphatic heterocycles. The average molecular weight is 272 g/mol. The summed E-state index contributed by atoms with van der Waals surface area (Å²) in [6.45, 7) is 3.72. The number of rotatable bonds is 0. The van der Waals surface area contributed by atoms with Gasteiger partial charge in [0.25, 0.3) is 0 Å². The first kappa shape index (κ1) is 15.4. The minimum Gasteiger partial charge on any atom is -0.504 e. The summed E-state index contributed by atoms with van der Waals surface area (Å²) in [5.74, 6) is -0.402. The van der Waals surface area contributed by atoms with E-state index in [2.05, 4.69) is 0 Å². The monoisotopic (exact) mass is 272 g/mol. The highest BCUT2D eigenvalue weighted by Crippen LogP contribution is 1.99. The molecule has 0 heterocycles. The first-order valence-electron chi connectivity index (χ1n) is 6.00. The maximum atomic E-state index is 10.7. The van der Waals surface area contributed by atoms with E-state index in [0.29, 0.717) is 0 Å². The third kappa shape index (κ3) is 4.94. The minimum absolute atomic E-state index is 0.201. The molecule has 4 nitrogen and oxygen atoms in total. The number of aryl methyl sites for hydroxylation is 2. The van der Waals surface area contributed by atoms with E-state index in [4.69, 9.17) is 10.2 Å². The zero-order valence-electron chi connectivity index (χ0n) is 11.3. The van der Waals surface area contributed by atoms with Crippen molar-refractivity contribution in [2.24, 2.45) is 0 Å². The van der Waals surface area contributed by atoms with Gasteiger partial charge in [0.2, 0.25) is 10.9 Å². The Labute approximate surface area is 116 Å². The average Bonchev–Trinajstić information content (AvgIpc) is 2.66. The highest BCUT2D eigenvalue weighted by atomic mass is 16.3. The lowest BCUT2D eigenvalue weighted by Crippen LogP contribution is -1.91. The van der Waals surface area contributed by atoms with Crippen LogP contribution in [0.1, 0.15) is 11.1 Å². The third-order valence-electron chi connectivity index (χ3n) is 2.51. The number of hydrogen-bond acceptors (Lipinski definition) is 4. The lowest BCUT2D eigenvalue weighted by molar-refractivity contribution is 0.470. The molecular weight excluding hydrogens is 256 g/mol. The van der Waals surface area contributed by atoms with Crippen LogP contribution in [-0.4, -0.2) is 10.2 Å². The van der Waals surface area contributed by atoms with Gasteiger partial charge in [-0.1, -0.05) is 35.4 Å². The van der Waals surface area contributed by atoms with Crippen LogP contribution in [0.25, 0.3) is 0 Å². The number of hydrogen-bond donors (Lipinski definition) is 2. The van der Waals surface area contributed by atoms with Crippen LogP contribution >= 0.6 is 0 Å². The summed E-state index contributed by atoms with van der Waals surface area (Å²) in [6.07, 6.45) is 0. The lowest BCUT2D eigenvalue weighted by Gasteiger charge is -1.76. The highest BCUT2D eigenvalue weighted by Gasteiger charge is 1.90. The SMILES string of the molecule is Cc1ccc(O)c(=O)cc1.Cc1ccc(O)c(=O)cc1. The van der Waals surface area contributed by atoms with Crippen molar-refractivity contribution in [3.8, 4) is 11.5 Å². The molecular formula is C16H16O4. The zero-order chi connectivity index (χ0) is 15.1. The van der Waals surface area contributed by atoms with Crippen LogP contribution in [0.4, 0.5) is 0 Å². The van der Waals surface area contributed by atoms with Gasteiger partial charge in [-0.3, -0.25) is 9.59 Å². The summed E-state index contributed by atoms with van der Waals surface area (Å²) in [5.41, 5.74) is 1.23. The second-order valence-electron chi connectivity index (χ2n) is 4.32. The summed E-state index contributed by atoms with van der Waals surface area (Å²) in [7, 11) is 0. The van der Waals surface area contributed by atoms with E-state index in [1.54, 1.807) is 24.3 Å². The van der Waals surface area contributed by atoms with E-state index in [9.17, 15) is 9.59 Å². The molecule has 20 heavy (non-hydrogen) atoms. The number of aromatic hydroxyl groups is 2. The van der Waals surface area contributed by atoms with Crippen molar-refractivity contribution in [2.75, 3.05) is 0 Å². The maximum absolute atomic E-state index is 10.7. The molecule has 0 saturated heterocycles. The second kappa shape index (κ2) is 7.09. The van der Waals surface area contributed by atoms with Crippen molar-refractivity contribution in [2.45, 2.75) is 13.8 Å². The van der Waals surface area contributed by atoms with E-state index >= 15 is 0 Å². The molecule has 0 aromatic heterocycles. The molecule has 0 bridgehead atoms. The lowest BCUT2D eigenvalue weighted by atomic mass is 10.3. The van der Waals surface area contributed by atoms with Crippen molar-refractivity contribution < 1.29 is 10.2 Å². The van der Waals surface area contributed by atoms with E-state index in [1.807, 2.05) is 13.8 Å². The van der Waals surface area contributed by atoms with Gasteiger partial charge < -0.3 is 10.2 Å². The first-order chi connectivity index (χ1) is 9.40. The van der Waals surface area contributed by atoms with Crippen LogP contribution in [0.2, 0.25) is 0 Å². The fourth-order valence-corrected chi connectivity index (χ4v) is 1.28. The smallest absolute Gasteiger partial charge is 0.220 e. The van der Waals surface area contributed by atoms with Crippen molar-refractivity contribution in [1.82, 2.24) is 0 Å². The summed E-state index contributed by atoms with van der Waals surface area (Å²) < 4.78 is 0. The van der Waals surface area contributed by atoms with Gasteiger partial charge in [0.15, 0.2) is 11.5 Å². The standard InChI is InChI=1S/2C8H8O2/c2*1-6-2-4-7(9)8(10)5-3-6/h2*2-5H,1H3,(H,9,10). The predicted molar refractivity (Wildman–Crippen MR) is 78.2 cm³/mol. The Morgan fingerprint density at radius 1 is 0.600 bits per heavy atom. The van der Waals surface area contributed by atoms with Gasteiger partial charge in [-0.05, 0) is 38.1 Å². The van der Waals surface area contributed by atoms with Crippen LogP contribution in [0.3, 0.4) is 0 Å². The van der Waals surface area contributed by atoms with E-state index in [-0.39, 0.29) is 22.4 Å². The molecule has 0 radical (unpaired) electrons. The zero-order valence-corrected chi connectivity index (χ0v) is 11.3. The molecule has 2 aromatic rings. The summed E-state index contributed by atoms with van der Waals surface area (Å²) in [5, 5.41) is 17.8. The normalized spacial score (nSPS) is 9.30. The quantitative estimate of drug-likeness (QED) is 0.770. The van der Waals surface area contributed by atoms with Crippen molar-refractivity contribution >= 4 is 0 Å². The predicted octanol–water partition coefficient (Wildman–Crippen LogP) is 2.12. The van der Waals surface area contributed by atoms with Crippen molar-refractivity contribution in [3.05, 3.63) is 80.1 Å². The first-order valence-corrected chi connectivity index (χ1v) is 6.00. The molecule has 0 aliphatic carbocycles. The van der Waals surface area contributed by atoms with E-state index in [0.717, 1.165) is 11.1 Å². The molecule has 0 fully saturated rings. The molecule has 0 unspecified atom stereocenters. The Kier molecular flexibility index (Phi) is 5.47. The van der Waals surface area contributed by atoms with Gasteiger partial charge in [0.05, 0.1) is 0 Å². The molecule has 0 saturated carbocycles. The highest BCUT2D eigenvalue weighted by molar-refractivity contribution is 5.23. The van der Waals surface area contributed by atoms with Gasteiger partial charge in [-0.2, -0.15) is 0 Å². The molecule has 2 rings (SSSR count). The third-order valence-corrected chi connectivity index (χ3v) is 2.51. The summed E-state index contributed by atoms with van der Waals surface area (Å²) >= 11 is 0. The Morgan fingerprint density at radius 3 is 1.25 bits per heavy atom. The molecule has 0 atom stereocenters. The fourth-order valence-electron chi connectivity index (χ4n) is 1.28. The van der Waals surface area contributed by atoms with Gasteiger partial charge in [0.1, 0.15) is 0 Å². The Bertz CT molecular complexity index is 646. The Hall–Kier alpha value is -2.62. The van der Waals surface area contributed by atoms with Gasteiger partial charge >= 0.3 is 0 Å². The second-order valence-corrected chi connectivity index (χ2v) is 4.32. The summed E-state index contributed by atoms with van der Waals surface area (Å²) in [6, 6.07) is 12.2. The van der Waals surface area contributed by atoms with Gasteiger partial charge in [-0.25, -0.2) is 0 Å². The minimum atomic E-state index is -0.340. The Balaban J connectivity index is 0.000000200. The van der Waals surface area contributed by atoms with Gasteiger partial charge in [0, 0.05) is 0 Å². The van der Waals surface area contributed by atoms with Crippen LogP contribution in [0.5, 0.6) is 11.5 Å². The molecule has 4 heteroatoms. The molecule has 2 aromatic carbocycles. The molecule has 0 amide bonds. The Morgan fingerprint density at radius 2 is 0.900 bits per heavy atom. The fraction of sp³-hybridized carbons (Fsp3) is 0.125. The topological polar surface area (TPSA) is 74.6 Å². The van der Waals surface area contributed by atoms with Crippen molar-refractivity contribution in [3.63, 3.8) is 0 Å². The largest absolute Gasteiger partial charge is 0.504 e. The summed E-state index contributed by atoms with van der Waals surface area (Å²) in [4.78, 5) is 21.4.